The molecule has 1 saturated carbocycles. The summed E-state index contributed by atoms with van der Waals surface area (Å²) in [4.78, 5) is 17.1. The lowest BCUT2D eigenvalue weighted by Gasteiger charge is -2.23. The molecule has 2 N–H and O–H groups in total. The van der Waals surface area contributed by atoms with Crippen LogP contribution in [0.2, 0.25) is 5.02 Å². The van der Waals surface area contributed by atoms with E-state index in [9.17, 15) is 9.90 Å². The summed E-state index contributed by atoms with van der Waals surface area (Å²) in [6, 6.07) is 10.7. The second kappa shape index (κ2) is 8.69. The summed E-state index contributed by atoms with van der Waals surface area (Å²) >= 11 is 6.03. The van der Waals surface area contributed by atoms with Gasteiger partial charge in [0.2, 0.25) is 5.88 Å². The van der Waals surface area contributed by atoms with Crippen LogP contribution >= 0.6 is 11.6 Å². The molecule has 1 aromatic carbocycles. The first kappa shape index (κ1) is 21.3. The number of hydrogen-bond acceptors (Lipinski definition) is 6. The van der Waals surface area contributed by atoms with Gasteiger partial charge in [-0.1, -0.05) is 28.9 Å². The Hall–Kier alpha value is -2.90. The molecule has 4 rings (SSSR count). The van der Waals surface area contributed by atoms with Gasteiger partial charge < -0.3 is 19.7 Å². The van der Waals surface area contributed by atoms with Gasteiger partial charge >= 0.3 is 0 Å². The van der Waals surface area contributed by atoms with E-state index in [4.69, 9.17) is 20.9 Å². The number of amides is 1. The van der Waals surface area contributed by atoms with E-state index < -0.39 is 5.60 Å². The minimum Gasteiger partial charge on any atom is -0.471 e. The van der Waals surface area contributed by atoms with Gasteiger partial charge in [0.25, 0.3) is 5.91 Å². The lowest BCUT2D eigenvalue weighted by atomic mass is 10.0. The smallest absolute Gasteiger partial charge is 0.252 e. The highest BCUT2D eigenvalue weighted by Crippen LogP contribution is 2.39. The SMILES string of the molecule is Cc1cc(COc2ncc(C(=O)NCC(C)(O)C3CC3)cc2-c2ccc(Cl)cc2)no1. The van der Waals surface area contributed by atoms with E-state index in [1.807, 2.05) is 19.1 Å². The Balaban J connectivity index is 1.56. The molecule has 2 aromatic heterocycles. The van der Waals surface area contributed by atoms with Crippen LogP contribution in [-0.4, -0.2) is 33.3 Å². The molecule has 0 bridgehead atoms. The third-order valence-corrected chi connectivity index (χ3v) is 5.62. The van der Waals surface area contributed by atoms with Crippen LogP contribution < -0.4 is 10.1 Å². The van der Waals surface area contributed by atoms with Crippen LogP contribution in [0.4, 0.5) is 0 Å². The predicted molar refractivity (Wildman–Crippen MR) is 116 cm³/mol. The summed E-state index contributed by atoms with van der Waals surface area (Å²) in [5.41, 5.74) is 1.58. The van der Waals surface area contributed by atoms with Crippen molar-refractivity contribution in [2.24, 2.45) is 5.92 Å². The Kier molecular flexibility index (Phi) is 5.98. The number of halogens is 1. The molecular formula is C23H24ClN3O4. The van der Waals surface area contributed by atoms with Gasteiger partial charge in [0.15, 0.2) is 0 Å². The van der Waals surface area contributed by atoms with E-state index in [1.165, 1.54) is 6.20 Å². The Bertz CT molecular complexity index is 1070. The predicted octanol–water partition coefficient (Wildman–Crippen LogP) is 4.17. The molecule has 2 heterocycles. The summed E-state index contributed by atoms with van der Waals surface area (Å²) in [6.07, 6.45) is 3.44. The normalized spacial score (nSPS) is 15.4. The third kappa shape index (κ3) is 5.24. The first-order valence-electron chi connectivity index (χ1n) is 10.1. The number of carbonyl (C=O) groups is 1. The lowest BCUT2D eigenvalue weighted by molar-refractivity contribution is 0.0354. The van der Waals surface area contributed by atoms with Crippen LogP contribution in [-0.2, 0) is 6.61 Å². The maximum atomic E-state index is 12.7. The zero-order chi connectivity index (χ0) is 22.0. The molecule has 162 valence electrons. The summed E-state index contributed by atoms with van der Waals surface area (Å²) in [5.74, 6) is 0.997. The van der Waals surface area contributed by atoms with Crippen LogP contribution in [0.1, 0.15) is 41.6 Å². The van der Waals surface area contributed by atoms with E-state index in [0.717, 1.165) is 18.4 Å². The van der Waals surface area contributed by atoms with Crippen molar-refractivity contribution in [2.45, 2.75) is 38.9 Å². The van der Waals surface area contributed by atoms with Crippen molar-refractivity contribution in [2.75, 3.05) is 6.54 Å². The number of ether oxygens (including phenoxy) is 1. The highest BCUT2D eigenvalue weighted by Gasteiger charge is 2.40. The number of hydrogen-bond donors (Lipinski definition) is 2. The van der Waals surface area contributed by atoms with Crippen molar-refractivity contribution < 1.29 is 19.2 Å². The first-order valence-corrected chi connectivity index (χ1v) is 10.5. The molecule has 1 atom stereocenters. The second-order valence-corrected chi connectivity index (χ2v) is 8.55. The fourth-order valence-electron chi connectivity index (χ4n) is 3.37. The number of nitrogens with one attached hydrogen (secondary N) is 1. The van der Waals surface area contributed by atoms with Crippen molar-refractivity contribution >= 4 is 17.5 Å². The van der Waals surface area contributed by atoms with Gasteiger partial charge in [-0.3, -0.25) is 4.79 Å². The second-order valence-electron chi connectivity index (χ2n) is 8.12. The van der Waals surface area contributed by atoms with Crippen molar-refractivity contribution in [3.63, 3.8) is 0 Å². The summed E-state index contributed by atoms with van der Waals surface area (Å²) in [5, 5.41) is 17.8. The number of carbonyl (C=O) groups excluding carboxylic acids is 1. The molecular weight excluding hydrogens is 418 g/mol. The zero-order valence-corrected chi connectivity index (χ0v) is 18.1. The Morgan fingerprint density at radius 2 is 2.06 bits per heavy atom. The van der Waals surface area contributed by atoms with Crippen LogP contribution in [0.25, 0.3) is 11.1 Å². The van der Waals surface area contributed by atoms with Crippen LogP contribution in [0.5, 0.6) is 5.88 Å². The molecule has 1 unspecified atom stereocenters. The first-order chi connectivity index (χ1) is 14.8. The highest BCUT2D eigenvalue weighted by atomic mass is 35.5. The maximum absolute atomic E-state index is 12.7. The number of aryl methyl sites for hydroxylation is 1. The molecule has 0 saturated heterocycles. The van der Waals surface area contributed by atoms with E-state index in [-0.39, 0.29) is 25.0 Å². The van der Waals surface area contributed by atoms with Gasteiger partial charge in [-0.2, -0.15) is 0 Å². The Morgan fingerprint density at radius 3 is 2.71 bits per heavy atom. The van der Waals surface area contributed by atoms with Gasteiger partial charge in [-0.05, 0) is 56.4 Å². The van der Waals surface area contributed by atoms with Gasteiger partial charge in [0, 0.05) is 29.4 Å². The minimum atomic E-state index is -0.902. The molecule has 0 spiro atoms. The summed E-state index contributed by atoms with van der Waals surface area (Å²) in [6.45, 7) is 3.93. The number of benzene rings is 1. The number of pyridine rings is 1. The van der Waals surface area contributed by atoms with Crippen molar-refractivity contribution in [1.82, 2.24) is 15.5 Å². The van der Waals surface area contributed by atoms with E-state index >= 15 is 0 Å². The number of rotatable bonds is 8. The zero-order valence-electron chi connectivity index (χ0n) is 17.4. The van der Waals surface area contributed by atoms with E-state index in [0.29, 0.717) is 33.5 Å². The van der Waals surface area contributed by atoms with E-state index in [1.54, 1.807) is 31.2 Å². The van der Waals surface area contributed by atoms with Crippen LogP contribution in [0.15, 0.2) is 47.1 Å². The Labute approximate surface area is 185 Å². The van der Waals surface area contributed by atoms with Gasteiger partial charge in [0.05, 0.1) is 11.2 Å². The largest absolute Gasteiger partial charge is 0.471 e. The number of aromatic nitrogens is 2. The minimum absolute atomic E-state index is 0.181. The molecule has 1 fully saturated rings. The van der Waals surface area contributed by atoms with Gasteiger partial charge in [0.1, 0.15) is 18.1 Å². The average molecular weight is 442 g/mol. The fourth-order valence-corrected chi connectivity index (χ4v) is 3.49. The number of nitrogens with zero attached hydrogens (tertiary/aromatic N) is 2. The monoisotopic (exact) mass is 441 g/mol. The van der Waals surface area contributed by atoms with Crippen molar-refractivity contribution in [3.8, 4) is 17.0 Å². The fraction of sp³-hybridized carbons (Fsp3) is 0.348. The lowest BCUT2D eigenvalue weighted by Crippen LogP contribution is -2.42. The molecule has 31 heavy (non-hydrogen) atoms. The molecule has 1 aliphatic carbocycles. The molecule has 7 nitrogen and oxygen atoms in total. The highest BCUT2D eigenvalue weighted by molar-refractivity contribution is 6.30. The molecule has 3 aromatic rings. The average Bonchev–Trinajstić information content (AvgIpc) is 3.54. The van der Waals surface area contributed by atoms with Gasteiger partial charge in [-0.15, -0.1) is 0 Å². The van der Waals surface area contributed by atoms with Gasteiger partial charge in [-0.25, -0.2) is 4.98 Å². The number of aliphatic hydroxyl groups is 1. The summed E-state index contributed by atoms with van der Waals surface area (Å²) < 4.78 is 10.9. The standard InChI is InChI=1S/C23H24ClN3O4/c1-14-9-19(27-31-14)12-30-22-20(15-3-7-18(24)8-4-15)10-16(11-25-22)21(28)26-13-23(2,29)17-5-6-17/h3-4,7-11,17,29H,5-6,12-13H2,1-2H3,(H,26,28). The molecule has 1 aliphatic rings. The quantitative estimate of drug-likeness (QED) is 0.544. The Morgan fingerprint density at radius 1 is 1.32 bits per heavy atom. The van der Waals surface area contributed by atoms with E-state index in [2.05, 4.69) is 15.5 Å². The van der Waals surface area contributed by atoms with Crippen molar-refractivity contribution in [1.29, 1.82) is 0 Å². The maximum Gasteiger partial charge on any atom is 0.252 e. The van der Waals surface area contributed by atoms with Crippen LogP contribution in [0, 0.1) is 12.8 Å². The van der Waals surface area contributed by atoms with Crippen LogP contribution in [0.3, 0.4) is 0 Å². The third-order valence-electron chi connectivity index (χ3n) is 5.37. The molecule has 0 radical (unpaired) electrons. The molecule has 0 aliphatic heterocycles. The van der Waals surface area contributed by atoms with Crippen molar-refractivity contribution in [3.05, 3.63) is 64.6 Å². The molecule has 8 heteroatoms. The topological polar surface area (TPSA) is 97.5 Å². The molecule has 1 amide bonds. The summed E-state index contributed by atoms with van der Waals surface area (Å²) in [7, 11) is 0.